The highest BCUT2D eigenvalue weighted by Crippen LogP contribution is 2.29. The Morgan fingerprint density at radius 3 is 2.25 bits per heavy atom. The molecule has 3 heterocycles. The van der Waals surface area contributed by atoms with Crippen LogP contribution in [-0.2, 0) is 31.2 Å². The van der Waals surface area contributed by atoms with Crippen LogP contribution in [0.3, 0.4) is 0 Å². The molecule has 0 unspecified atom stereocenters. The molecule has 1 aromatic heterocycles. The Hall–Kier alpha value is -2.76. The van der Waals surface area contributed by atoms with E-state index in [1.54, 1.807) is 0 Å². The van der Waals surface area contributed by atoms with Crippen LogP contribution in [0.15, 0.2) is 42.7 Å². The van der Waals surface area contributed by atoms with Gasteiger partial charge in [0, 0.05) is 64.1 Å². The van der Waals surface area contributed by atoms with Gasteiger partial charge in [0.25, 0.3) is 0 Å². The quantitative estimate of drug-likeness (QED) is 0.223. The SMILES string of the molecule is CCO[Si](CCCN(C)C(=O)[C@@H]1CCCN1Cc1cccc(CN2C=CN(c3c(C)cc(C)cc3C)C2)n1)(OCC)OCC. The van der Waals surface area contributed by atoms with Crippen LogP contribution in [0.5, 0.6) is 0 Å². The Balaban J connectivity index is 1.31. The molecule has 0 bridgehead atoms. The zero-order valence-electron chi connectivity index (χ0n) is 28.0. The molecule has 4 rings (SSSR count). The molecule has 1 saturated heterocycles. The first kappa shape index (κ1) is 34.1. The van der Waals surface area contributed by atoms with Gasteiger partial charge in [-0.15, -0.1) is 0 Å². The first-order valence-electron chi connectivity index (χ1n) is 16.3. The van der Waals surface area contributed by atoms with Gasteiger partial charge in [0.1, 0.15) is 0 Å². The Kier molecular flexibility index (Phi) is 12.4. The van der Waals surface area contributed by atoms with Gasteiger partial charge in [-0.2, -0.15) is 0 Å². The summed E-state index contributed by atoms with van der Waals surface area (Å²) >= 11 is 0. The van der Waals surface area contributed by atoms with Gasteiger partial charge >= 0.3 is 8.80 Å². The van der Waals surface area contributed by atoms with E-state index in [0.29, 0.717) is 39.0 Å². The van der Waals surface area contributed by atoms with Crippen molar-refractivity contribution in [1.82, 2.24) is 19.7 Å². The average molecular weight is 624 g/mol. The van der Waals surface area contributed by atoms with E-state index in [0.717, 1.165) is 50.4 Å². The van der Waals surface area contributed by atoms with Gasteiger partial charge in [0.15, 0.2) is 0 Å². The van der Waals surface area contributed by atoms with E-state index < -0.39 is 8.80 Å². The van der Waals surface area contributed by atoms with Gasteiger partial charge in [-0.1, -0.05) is 23.8 Å². The van der Waals surface area contributed by atoms with Crippen molar-refractivity contribution in [2.75, 3.05) is 51.5 Å². The summed E-state index contributed by atoms with van der Waals surface area (Å²) in [5.74, 6) is 0.180. The Morgan fingerprint density at radius 2 is 1.61 bits per heavy atom. The molecule has 1 aromatic carbocycles. The minimum atomic E-state index is -2.71. The largest absolute Gasteiger partial charge is 0.500 e. The van der Waals surface area contributed by atoms with Gasteiger partial charge in [0.05, 0.1) is 30.6 Å². The Labute approximate surface area is 266 Å². The maximum absolute atomic E-state index is 13.6. The maximum Gasteiger partial charge on any atom is 0.500 e. The first-order chi connectivity index (χ1) is 21.2. The van der Waals surface area contributed by atoms with Crippen LogP contribution >= 0.6 is 0 Å². The molecule has 2 aromatic rings. The molecule has 0 aliphatic carbocycles. The number of aryl methyl sites for hydroxylation is 3. The number of amides is 1. The molecule has 10 heteroatoms. The first-order valence-corrected chi connectivity index (χ1v) is 18.2. The summed E-state index contributed by atoms with van der Waals surface area (Å²) in [4.78, 5) is 27.3. The van der Waals surface area contributed by atoms with Crippen molar-refractivity contribution >= 4 is 20.4 Å². The number of aromatic nitrogens is 1. The number of nitrogens with zero attached hydrogens (tertiary/aromatic N) is 5. The number of likely N-dealkylation sites (N-methyl/N-ethyl adjacent to an activating group) is 1. The van der Waals surface area contributed by atoms with Crippen molar-refractivity contribution in [3.63, 3.8) is 0 Å². The third-order valence-corrected chi connectivity index (χ3v) is 11.6. The van der Waals surface area contributed by atoms with E-state index in [1.807, 2.05) is 32.7 Å². The number of anilines is 1. The van der Waals surface area contributed by atoms with Gasteiger partial charge in [0.2, 0.25) is 5.91 Å². The molecule has 0 saturated carbocycles. The lowest BCUT2D eigenvalue weighted by atomic mass is 10.0. The number of hydrogen-bond acceptors (Lipinski definition) is 8. The van der Waals surface area contributed by atoms with Crippen molar-refractivity contribution in [1.29, 1.82) is 0 Å². The smallest absolute Gasteiger partial charge is 0.374 e. The van der Waals surface area contributed by atoms with Crippen molar-refractivity contribution in [3.8, 4) is 0 Å². The van der Waals surface area contributed by atoms with E-state index in [1.165, 1.54) is 22.4 Å². The van der Waals surface area contributed by atoms with Gasteiger partial charge < -0.3 is 28.0 Å². The minimum absolute atomic E-state index is 0.116. The topological polar surface area (TPSA) is 70.6 Å². The number of rotatable bonds is 16. The molecule has 1 amide bonds. The van der Waals surface area contributed by atoms with E-state index in [-0.39, 0.29) is 11.9 Å². The zero-order chi connectivity index (χ0) is 31.7. The summed E-state index contributed by atoms with van der Waals surface area (Å²) < 4.78 is 18.0. The molecule has 2 aliphatic heterocycles. The van der Waals surface area contributed by atoms with E-state index in [2.05, 4.69) is 78.2 Å². The molecule has 0 spiro atoms. The average Bonchev–Trinajstić information content (AvgIpc) is 3.62. The van der Waals surface area contributed by atoms with Gasteiger partial charge in [-0.05, 0) is 90.6 Å². The molecule has 44 heavy (non-hydrogen) atoms. The monoisotopic (exact) mass is 623 g/mol. The minimum Gasteiger partial charge on any atom is -0.374 e. The number of carbonyl (C=O) groups is 1. The van der Waals surface area contributed by atoms with Crippen molar-refractivity contribution in [2.45, 2.75) is 86.0 Å². The zero-order valence-corrected chi connectivity index (χ0v) is 29.0. The van der Waals surface area contributed by atoms with Crippen LogP contribution in [-0.4, -0.2) is 87.1 Å². The molecule has 2 aliphatic rings. The fourth-order valence-corrected chi connectivity index (χ4v) is 9.25. The summed E-state index contributed by atoms with van der Waals surface area (Å²) in [6.07, 6.45) is 7.01. The number of likely N-dealkylation sites (tertiary alicyclic amines) is 1. The number of hydrogen-bond donors (Lipinski definition) is 0. The van der Waals surface area contributed by atoms with Crippen LogP contribution < -0.4 is 4.90 Å². The third-order valence-electron chi connectivity index (χ3n) is 8.40. The second-order valence-electron chi connectivity index (χ2n) is 12.0. The third kappa shape index (κ3) is 8.69. The number of carbonyl (C=O) groups excluding carboxylic acids is 1. The Morgan fingerprint density at radius 1 is 0.977 bits per heavy atom. The second kappa shape index (κ2) is 16.0. The summed E-state index contributed by atoms with van der Waals surface area (Å²) in [5.41, 5.74) is 7.22. The highest BCUT2D eigenvalue weighted by atomic mass is 28.4. The molecule has 0 N–H and O–H groups in total. The summed E-state index contributed by atoms with van der Waals surface area (Å²) in [6.45, 7) is 17.9. The van der Waals surface area contributed by atoms with Crippen molar-refractivity contribution < 1.29 is 18.1 Å². The number of benzene rings is 1. The lowest BCUT2D eigenvalue weighted by Gasteiger charge is -2.30. The van der Waals surface area contributed by atoms with Crippen LogP contribution in [0.25, 0.3) is 0 Å². The molecule has 242 valence electrons. The van der Waals surface area contributed by atoms with Crippen LogP contribution in [0.4, 0.5) is 5.69 Å². The predicted molar refractivity (Wildman–Crippen MR) is 178 cm³/mol. The predicted octanol–water partition coefficient (Wildman–Crippen LogP) is 5.62. The van der Waals surface area contributed by atoms with E-state index >= 15 is 0 Å². The van der Waals surface area contributed by atoms with E-state index in [9.17, 15) is 4.79 Å². The highest BCUT2D eigenvalue weighted by molar-refractivity contribution is 6.60. The molecule has 9 nitrogen and oxygen atoms in total. The van der Waals surface area contributed by atoms with E-state index in [4.69, 9.17) is 18.3 Å². The molecule has 1 fully saturated rings. The van der Waals surface area contributed by atoms with Gasteiger partial charge in [-0.3, -0.25) is 14.7 Å². The fraction of sp³-hybridized carbons (Fsp3) is 0.588. The highest BCUT2D eigenvalue weighted by Gasteiger charge is 2.40. The van der Waals surface area contributed by atoms with Crippen LogP contribution in [0, 0.1) is 20.8 Å². The van der Waals surface area contributed by atoms with Crippen LogP contribution in [0.1, 0.15) is 68.1 Å². The van der Waals surface area contributed by atoms with Crippen molar-refractivity contribution in [3.05, 3.63) is 70.8 Å². The van der Waals surface area contributed by atoms with Crippen molar-refractivity contribution in [2.24, 2.45) is 0 Å². The van der Waals surface area contributed by atoms with Crippen LogP contribution in [0.2, 0.25) is 6.04 Å². The molecule has 1 atom stereocenters. The molecule has 0 radical (unpaired) electrons. The number of pyridine rings is 1. The molecular formula is C34H53N5O4Si. The Bertz CT molecular complexity index is 1230. The normalized spacial score (nSPS) is 17.2. The lowest BCUT2D eigenvalue weighted by molar-refractivity contribution is -0.134. The second-order valence-corrected chi connectivity index (χ2v) is 14.7. The lowest BCUT2D eigenvalue weighted by Crippen LogP contribution is -2.47. The van der Waals surface area contributed by atoms with Gasteiger partial charge in [-0.25, -0.2) is 0 Å². The summed E-state index contributed by atoms with van der Waals surface area (Å²) in [6, 6.07) is 11.4. The molecular weight excluding hydrogens is 570 g/mol. The maximum atomic E-state index is 13.6. The fourth-order valence-electron chi connectivity index (χ4n) is 6.65. The summed E-state index contributed by atoms with van der Waals surface area (Å²) in [7, 11) is -0.796. The summed E-state index contributed by atoms with van der Waals surface area (Å²) in [5, 5.41) is 0. The standard InChI is InChI=1S/C34H53N5O4Si/c1-8-41-44(42-9-2,43-10-3)21-13-17-36(7)34(40)32-16-12-18-38(32)25-31-15-11-14-30(35-31)24-37-19-20-39(26-37)33-28(5)22-27(4)23-29(33)6/h11,14-15,19-20,22-23,32H,8-10,12-13,16-18,21,24-26H2,1-7H3/t32-/m0/s1.